The van der Waals surface area contributed by atoms with Crippen molar-refractivity contribution in [3.05, 3.63) is 54.6 Å². The predicted octanol–water partition coefficient (Wildman–Crippen LogP) is 2.55. The number of rotatable bonds is 4. The molecule has 2 amide bonds. The molecule has 0 aliphatic rings. The monoisotopic (exact) mass is 347 g/mol. The molecule has 0 saturated carbocycles. The number of para-hydroxylation sites is 1. The van der Waals surface area contributed by atoms with Crippen LogP contribution in [0.2, 0.25) is 0 Å². The number of hydrogen-bond donors (Lipinski definition) is 3. The molecule has 0 spiro atoms. The lowest BCUT2D eigenvalue weighted by atomic mass is 10.1. The van der Waals surface area contributed by atoms with Crippen molar-refractivity contribution in [1.82, 2.24) is 10.3 Å². The average Bonchev–Trinajstić information content (AvgIpc) is 2.62. The molecule has 0 saturated heterocycles. The molecule has 2 aromatic carbocycles. The van der Waals surface area contributed by atoms with E-state index < -0.39 is 0 Å². The fourth-order valence-corrected chi connectivity index (χ4v) is 2.59. The van der Waals surface area contributed by atoms with Crippen LogP contribution in [0.5, 0.6) is 0 Å². The molecule has 0 bridgehead atoms. The van der Waals surface area contributed by atoms with E-state index in [0.29, 0.717) is 34.4 Å². The molecular formula is C19H17N5O2. The minimum Gasteiger partial charge on any atom is -0.369 e. The van der Waals surface area contributed by atoms with Crippen LogP contribution in [0.1, 0.15) is 6.92 Å². The summed E-state index contributed by atoms with van der Waals surface area (Å²) < 4.78 is 0. The maximum Gasteiger partial charge on any atom is 0.221 e. The zero-order valence-electron chi connectivity index (χ0n) is 14.1. The van der Waals surface area contributed by atoms with E-state index in [1.807, 2.05) is 36.4 Å². The van der Waals surface area contributed by atoms with Gasteiger partial charge in [-0.2, -0.15) is 0 Å². The number of aromatic nitrogens is 1. The third kappa shape index (κ3) is 3.67. The molecule has 3 rings (SSSR count). The number of amides is 2. The number of pyridine rings is 1. The molecule has 130 valence electrons. The molecule has 0 atom stereocenters. The third-order valence-electron chi connectivity index (χ3n) is 3.65. The summed E-state index contributed by atoms with van der Waals surface area (Å²) in [7, 11) is 0. The lowest BCUT2D eigenvalue weighted by Crippen LogP contribution is -2.29. The van der Waals surface area contributed by atoms with E-state index in [1.54, 1.807) is 18.2 Å². The van der Waals surface area contributed by atoms with Gasteiger partial charge in [0.1, 0.15) is 0 Å². The van der Waals surface area contributed by atoms with Crippen molar-refractivity contribution in [2.24, 2.45) is 10.7 Å². The molecule has 26 heavy (non-hydrogen) atoms. The van der Waals surface area contributed by atoms with Crippen molar-refractivity contribution >= 4 is 40.6 Å². The number of guanidine groups is 1. The van der Waals surface area contributed by atoms with Gasteiger partial charge in [0.25, 0.3) is 0 Å². The number of benzene rings is 2. The van der Waals surface area contributed by atoms with Crippen LogP contribution >= 0.6 is 0 Å². The van der Waals surface area contributed by atoms with Crippen molar-refractivity contribution in [3.63, 3.8) is 0 Å². The second-order valence-electron chi connectivity index (χ2n) is 5.53. The van der Waals surface area contributed by atoms with Crippen LogP contribution in [0.25, 0.3) is 22.2 Å². The van der Waals surface area contributed by atoms with E-state index in [2.05, 4.69) is 15.6 Å². The number of nitrogens with zero attached hydrogens (tertiary/aromatic N) is 2. The molecular weight excluding hydrogens is 330 g/mol. The summed E-state index contributed by atoms with van der Waals surface area (Å²) >= 11 is 0. The van der Waals surface area contributed by atoms with Gasteiger partial charge in [0.05, 0.1) is 22.6 Å². The summed E-state index contributed by atoms with van der Waals surface area (Å²) in [5, 5.41) is 5.80. The summed E-state index contributed by atoms with van der Waals surface area (Å²) in [5.74, 6) is -0.229. The Morgan fingerprint density at radius 2 is 1.92 bits per heavy atom. The number of carbonyl (C=O) groups excluding carboxylic acids is 2. The highest BCUT2D eigenvalue weighted by Gasteiger charge is 2.12. The van der Waals surface area contributed by atoms with Crippen LogP contribution in [-0.2, 0) is 9.59 Å². The van der Waals surface area contributed by atoms with Crippen LogP contribution < -0.4 is 16.4 Å². The second kappa shape index (κ2) is 7.43. The number of carbonyl (C=O) groups is 2. The molecule has 0 aliphatic carbocycles. The maximum atomic E-state index is 11.5. The van der Waals surface area contributed by atoms with E-state index >= 15 is 0 Å². The molecule has 0 unspecified atom stereocenters. The molecule has 0 fully saturated rings. The zero-order valence-corrected chi connectivity index (χ0v) is 14.1. The molecule has 0 radical (unpaired) electrons. The Morgan fingerprint density at radius 3 is 2.62 bits per heavy atom. The van der Waals surface area contributed by atoms with Gasteiger partial charge < -0.3 is 11.1 Å². The number of hydrogen-bond acceptors (Lipinski definition) is 4. The van der Waals surface area contributed by atoms with Crippen molar-refractivity contribution in [2.75, 3.05) is 5.32 Å². The molecule has 1 aromatic heterocycles. The minimum atomic E-state index is -0.198. The van der Waals surface area contributed by atoms with E-state index in [1.165, 1.54) is 6.92 Å². The van der Waals surface area contributed by atoms with Gasteiger partial charge in [-0.15, -0.1) is 0 Å². The van der Waals surface area contributed by atoms with Gasteiger partial charge in [-0.1, -0.05) is 42.5 Å². The highest BCUT2D eigenvalue weighted by molar-refractivity contribution is 6.05. The van der Waals surface area contributed by atoms with Gasteiger partial charge >= 0.3 is 0 Å². The largest absolute Gasteiger partial charge is 0.369 e. The zero-order chi connectivity index (χ0) is 18.5. The average molecular weight is 347 g/mol. The van der Waals surface area contributed by atoms with Gasteiger partial charge in [0.15, 0.2) is 5.96 Å². The lowest BCUT2D eigenvalue weighted by Gasteiger charge is -2.11. The Morgan fingerprint density at radius 1 is 1.15 bits per heavy atom. The first-order valence-corrected chi connectivity index (χ1v) is 7.89. The Hall–Kier alpha value is -3.74. The molecule has 0 aliphatic heterocycles. The molecule has 4 N–H and O–H groups in total. The van der Waals surface area contributed by atoms with E-state index in [-0.39, 0.29) is 11.9 Å². The Balaban J connectivity index is 2.28. The summed E-state index contributed by atoms with van der Waals surface area (Å²) in [6, 6.07) is 16.8. The SMILES string of the molecule is CC(=O)Nc1cccc2c(N=C(N)NC=O)cc(-c3ccccc3)nc12. The summed E-state index contributed by atoms with van der Waals surface area (Å²) in [6.07, 6.45) is 0.461. The van der Waals surface area contributed by atoms with Crippen molar-refractivity contribution in [1.29, 1.82) is 0 Å². The molecule has 1 heterocycles. The number of anilines is 1. The lowest BCUT2D eigenvalue weighted by molar-refractivity contribution is -0.114. The highest BCUT2D eigenvalue weighted by atomic mass is 16.1. The topological polar surface area (TPSA) is 109 Å². The summed E-state index contributed by atoms with van der Waals surface area (Å²) in [4.78, 5) is 31.1. The van der Waals surface area contributed by atoms with Crippen LogP contribution in [0.4, 0.5) is 11.4 Å². The molecule has 3 aromatic rings. The fourth-order valence-electron chi connectivity index (χ4n) is 2.59. The van der Waals surface area contributed by atoms with Gasteiger partial charge in [-0.05, 0) is 12.1 Å². The predicted molar refractivity (Wildman–Crippen MR) is 102 cm³/mol. The Bertz CT molecular complexity index is 999. The van der Waals surface area contributed by atoms with E-state index in [9.17, 15) is 9.59 Å². The van der Waals surface area contributed by atoms with Gasteiger partial charge in [0.2, 0.25) is 12.3 Å². The number of nitrogens with one attached hydrogen (secondary N) is 2. The highest BCUT2D eigenvalue weighted by Crippen LogP contribution is 2.33. The second-order valence-corrected chi connectivity index (χ2v) is 5.53. The van der Waals surface area contributed by atoms with E-state index in [4.69, 9.17) is 10.7 Å². The van der Waals surface area contributed by atoms with Gasteiger partial charge in [0, 0.05) is 17.9 Å². The number of aliphatic imine (C=N–C) groups is 1. The normalized spacial score (nSPS) is 11.2. The maximum absolute atomic E-state index is 11.5. The molecule has 7 heteroatoms. The van der Waals surface area contributed by atoms with Crippen LogP contribution in [0, 0.1) is 0 Å². The third-order valence-corrected chi connectivity index (χ3v) is 3.65. The smallest absolute Gasteiger partial charge is 0.221 e. The number of nitrogens with two attached hydrogens (primary N) is 1. The van der Waals surface area contributed by atoms with Crippen LogP contribution in [0.15, 0.2) is 59.6 Å². The minimum absolute atomic E-state index is 0.0311. The molecule has 7 nitrogen and oxygen atoms in total. The first-order chi connectivity index (χ1) is 12.6. The van der Waals surface area contributed by atoms with Crippen molar-refractivity contribution in [3.8, 4) is 11.3 Å². The first-order valence-electron chi connectivity index (χ1n) is 7.89. The fraction of sp³-hybridized carbons (Fsp3) is 0.0526. The van der Waals surface area contributed by atoms with E-state index in [0.717, 1.165) is 5.56 Å². The van der Waals surface area contributed by atoms with Crippen molar-refractivity contribution < 1.29 is 9.59 Å². The standard InChI is InChI=1S/C19H17N5O2/c1-12(26)22-15-9-5-8-14-17(24-19(20)21-11-25)10-16(23-18(14)15)13-6-3-2-4-7-13/h2-11H,1H3,(H,22,26)(H3,20,21,23,24,25). The Labute approximate surface area is 150 Å². The summed E-state index contributed by atoms with van der Waals surface area (Å²) in [5.41, 5.74) is 9.00. The van der Waals surface area contributed by atoms with Crippen LogP contribution in [0.3, 0.4) is 0 Å². The number of fused-ring (bicyclic) bond motifs is 1. The van der Waals surface area contributed by atoms with Gasteiger partial charge in [-0.25, -0.2) is 9.98 Å². The van der Waals surface area contributed by atoms with Crippen LogP contribution in [-0.4, -0.2) is 23.3 Å². The first kappa shape index (κ1) is 17.1. The quantitative estimate of drug-likeness (QED) is 0.383. The van der Waals surface area contributed by atoms with Crippen molar-refractivity contribution in [2.45, 2.75) is 6.92 Å². The van der Waals surface area contributed by atoms with Gasteiger partial charge in [-0.3, -0.25) is 14.9 Å². The Kier molecular flexibility index (Phi) is 4.89. The summed E-state index contributed by atoms with van der Waals surface area (Å²) in [6.45, 7) is 1.44.